The molecule has 30 heavy (non-hydrogen) atoms. The Bertz CT molecular complexity index is 1320. The smallest absolute Gasteiger partial charge is 0.326 e. The van der Waals surface area contributed by atoms with Crippen LogP contribution in [0.3, 0.4) is 0 Å². The minimum atomic E-state index is 0.690. The lowest BCUT2D eigenvalue weighted by Crippen LogP contribution is -2.12. The Morgan fingerprint density at radius 3 is 1.83 bits per heavy atom. The fourth-order valence-electron chi connectivity index (χ4n) is 3.55. The van der Waals surface area contributed by atoms with E-state index in [9.17, 15) is 5.02 Å². The normalized spacial score (nSPS) is 10.8. The number of hydrogen-bond acceptors (Lipinski definition) is 3. The standard InChI is InChI=1S/C26H18BN2O/c30-27-23-14-12-20(13-15-23)25-17-24(19-7-2-1-3-8-19)28-26(29-25)22-11-10-18-6-4-5-9-21(18)16-22/h1-17,30H. The average Bonchev–Trinajstić information content (AvgIpc) is 2.84. The molecular formula is C26H18BN2O. The summed E-state index contributed by atoms with van der Waals surface area (Å²) in [4.78, 5) is 9.76. The van der Waals surface area contributed by atoms with Crippen molar-refractivity contribution in [2.75, 3.05) is 0 Å². The van der Waals surface area contributed by atoms with Crippen molar-refractivity contribution in [3.8, 4) is 33.9 Å². The Kier molecular flexibility index (Phi) is 4.84. The van der Waals surface area contributed by atoms with E-state index in [-0.39, 0.29) is 0 Å². The Morgan fingerprint density at radius 1 is 0.533 bits per heavy atom. The molecule has 0 atom stereocenters. The first kappa shape index (κ1) is 18.3. The van der Waals surface area contributed by atoms with Gasteiger partial charge in [-0.25, -0.2) is 9.97 Å². The Labute approximate surface area is 176 Å². The molecular weight excluding hydrogens is 367 g/mol. The molecule has 4 heteroatoms. The summed E-state index contributed by atoms with van der Waals surface area (Å²) >= 11 is 0. The van der Waals surface area contributed by atoms with Crippen LogP contribution in [0.15, 0.2) is 103 Å². The molecule has 1 N–H and O–H groups in total. The maximum Gasteiger partial charge on any atom is 0.326 e. The molecule has 1 heterocycles. The summed E-state index contributed by atoms with van der Waals surface area (Å²) in [6.45, 7) is 0. The lowest BCUT2D eigenvalue weighted by Gasteiger charge is -2.10. The zero-order valence-corrected chi connectivity index (χ0v) is 16.2. The average molecular weight is 385 g/mol. The quantitative estimate of drug-likeness (QED) is 0.449. The second-order valence-corrected chi connectivity index (χ2v) is 7.14. The van der Waals surface area contributed by atoms with Crippen molar-refractivity contribution in [1.82, 2.24) is 9.97 Å². The van der Waals surface area contributed by atoms with E-state index in [1.54, 1.807) is 0 Å². The van der Waals surface area contributed by atoms with Crippen molar-refractivity contribution in [1.29, 1.82) is 0 Å². The molecule has 0 aliphatic rings. The molecule has 0 saturated carbocycles. The van der Waals surface area contributed by atoms with E-state index in [0.717, 1.165) is 46.4 Å². The molecule has 4 aromatic carbocycles. The molecule has 5 rings (SSSR count). The van der Waals surface area contributed by atoms with E-state index in [4.69, 9.17) is 9.97 Å². The van der Waals surface area contributed by atoms with Crippen molar-refractivity contribution in [2.24, 2.45) is 0 Å². The predicted molar refractivity (Wildman–Crippen MR) is 123 cm³/mol. The monoisotopic (exact) mass is 385 g/mol. The van der Waals surface area contributed by atoms with Crippen LogP contribution in [-0.2, 0) is 0 Å². The van der Waals surface area contributed by atoms with Gasteiger partial charge in [0.05, 0.1) is 11.4 Å². The Hall–Kier alpha value is -3.76. The molecule has 0 aliphatic carbocycles. The van der Waals surface area contributed by atoms with Gasteiger partial charge in [-0.05, 0) is 22.9 Å². The summed E-state index contributed by atoms with van der Waals surface area (Å²) in [6.07, 6.45) is 0. The molecule has 3 nitrogen and oxygen atoms in total. The van der Waals surface area contributed by atoms with E-state index in [0.29, 0.717) is 5.82 Å². The molecule has 0 amide bonds. The molecule has 0 saturated heterocycles. The van der Waals surface area contributed by atoms with Crippen molar-refractivity contribution >= 4 is 23.7 Å². The summed E-state index contributed by atoms with van der Waals surface area (Å²) in [5.74, 6) is 0.690. The highest BCUT2D eigenvalue weighted by molar-refractivity contribution is 6.45. The predicted octanol–water partition coefficient (Wildman–Crippen LogP) is 4.87. The SMILES string of the molecule is O[B]c1ccc(-c2cc(-c3ccccc3)nc(-c3ccc4ccccc4c3)n2)cc1. The highest BCUT2D eigenvalue weighted by Gasteiger charge is 2.11. The molecule has 0 unspecified atom stereocenters. The summed E-state index contributed by atoms with van der Waals surface area (Å²) in [5, 5.41) is 11.6. The van der Waals surface area contributed by atoms with Crippen LogP contribution >= 0.6 is 0 Å². The third-order valence-electron chi connectivity index (χ3n) is 5.16. The summed E-state index contributed by atoms with van der Waals surface area (Å²) in [6, 6.07) is 34.4. The van der Waals surface area contributed by atoms with E-state index in [1.165, 1.54) is 5.39 Å². The number of benzene rings is 4. The largest absolute Gasteiger partial charge is 0.450 e. The van der Waals surface area contributed by atoms with Crippen LogP contribution < -0.4 is 5.46 Å². The van der Waals surface area contributed by atoms with E-state index >= 15 is 0 Å². The molecule has 1 aromatic heterocycles. The Balaban J connectivity index is 1.68. The van der Waals surface area contributed by atoms with E-state index < -0.39 is 0 Å². The van der Waals surface area contributed by atoms with Gasteiger partial charge in [0.1, 0.15) is 0 Å². The first-order valence-corrected chi connectivity index (χ1v) is 9.82. The van der Waals surface area contributed by atoms with Crippen LogP contribution in [0.25, 0.3) is 44.7 Å². The van der Waals surface area contributed by atoms with Gasteiger partial charge < -0.3 is 5.02 Å². The third-order valence-corrected chi connectivity index (χ3v) is 5.16. The van der Waals surface area contributed by atoms with Gasteiger partial charge in [-0.3, -0.25) is 0 Å². The number of hydrogen-bond donors (Lipinski definition) is 1. The number of nitrogens with zero attached hydrogens (tertiary/aromatic N) is 2. The zero-order chi connectivity index (χ0) is 20.3. The fourth-order valence-corrected chi connectivity index (χ4v) is 3.55. The molecule has 0 aliphatic heterocycles. The zero-order valence-electron chi connectivity index (χ0n) is 16.2. The van der Waals surface area contributed by atoms with Gasteiger partial charge in [0.2, 0.25) is 0 Å². The van der Waals surface area contributed by atoms with Crippen LogP contribution in [0.5, 0.6) is 0 Å². The summed E-state index contributed by atoms with van der Waals surface area (Å²) in [7, 11) is 1.10. The van der Waals surface area contributed by atoms with E-state index in [1.807, 2.05) is 60.7 Å². The van der Waals surface area contributed by atoms with Crippen LogP contribution in [0.1, 0.15) is 0 Å². The molecule has 1 radical (unpaired) electrons. The second-order valence-electron chi connectivity index (χ2n) is 7.14. The van der Waals surface area contributed by atoms with Gasteiger partial charge in [0.25, 0.3) is 0 Å². The first-order chi connectivity index (χ1) is 14.8. The maximum absolute atomic E-state index is 9.22. The van der Waals surface area contributed by atoms with Crippen molar-refractivity contribution in [2.45, 2.75) is 0 Å². The van der Waals surface area contributed by atoms with Gasteiger partial charge in [0, 0.05) is 16.7 Å². The highest BCUT2D eigenvalue weighted by Crippen LogP contribution is 2.28. The lowest BCUT2D eigenvalue weighted by atomic mass is 9.88. The first-order valence-electron chi connectivity index (χ1n) is 9.82. The molecule has 5 aromatic rings. The van der Waals surface area contributed by atoms with Crippen LogP contribution in [0, 0.1) is 0 Å². The Morgan fingerprint density at radius 2 is 1.13 bits per heavy atom. The number of rotatable bonds is 4. The van der Waals surface area contributed by atoms with Crippen LogP contribution in [-0.4, -0.2) is 22.5 Å². The van der Waals surface area contributed by atoms with E-state index in [2.05, 4.69) is 42.5 Å². The lowest BCUT2D eigenvalue weighted by molar-refractivity contribution is 0.615. The third kappa shape index (κ3) is 3.61. The van der Waals surface area contributed by atoms with Crippen molar-refractivity contribution < 1.29 is 5.02 Å². The van der Waals surface area contributed by atoms with Gasteiger partial charge in [-0.2, -0.15) is 0 Å². The minimum Gasteiger partial charge on any atom is -0.450 e. The van der Waals surface area contributed by atoms with Gasteiger partial charge >= 0.3 is 7.48 Å². The highest BCUT2D eigenvalue weighted by atomic mass is 16.2. The van der Waals surface area contributed by atoms with Crippen molar-refractivity contribution in [3.05, 3.63) is 103 Å². The van der Waals surface area contributed by atoms with Gasteiger partial charge in [0.15, 0.2) is 5.82 Å². The summed E-state index contributed by atoms with van der Waals surface area (Å²) < 4.78 is 0. The molecule has 141 valence electrons. The summed E-state index contributed by atoms with van der Waals surface area (Å²) in [5.41, 5.74) is 5.47. The van der Waals surface area contributed by atoms with Gasteiger partial charge in [-0.1, -0.05) is 96.5 Å². The fraction of sp³-hybridized carbons (Fsp3) is 0. The maximum atomic E-state index is 9.22. The number of aromatic nitrogens is 2. The van der Waals surface area contributed by atoms with Crippen molar-refractivity contribution in [3.63, 3.8) is 0 Å². The topological polar surface area (TPSA) is 46.0 Å². The molecule has 0 spiro atoms. The van der Waals surface area contributed by atoms with Gasteiger partial charge in [-0.15, -0.1) is 0 Å². The second kappa shape index (κ2) is 7.93. The van der Waals surface area contributed by atoms with Crippen LogP contribution in [0.2, 0.25) is 0 Å². The molecule has 0 bridgehead atoms. The minimum absolute atomic E-state index is 0.690. The molecule has 0 fully saturated rings. The van der Waals surface area contributed by atoms with Crippen LogP contribution in [0.4, 0.5) is 0 Å². The number of fused-ring (bicyclic) bond motifs is 1.